The molecular weight excluding hydrogens is 364 g/mol. The molecule has 106 valence electrons. The molecule has 1 N–H and O–H groups in total. The highest BCUT2D eigenvalue weighted by Crippen LogP contribution is 2.24. The molecule has 0 amide bonds. The van der Waals surface area contributed by atoms with Gasteiger partial charge in [-0.05, 0) is 83.4 Å². The van der Waals surface area contributed by atoms with Crippen LogP contribution in [0.5, 0.6) is 0 Å². The molecule has 2 aromatic carbocycles. The first kappa shape index (κ1) is 15.4. The maximum absolute atomic E-state index is 13.7. The second kappa shape index (κ2) is 7.18. The summed E-state index contributed by atoms with van der Waals surface area (Å²) in [6, 6.07) is 13.7. The van der Waals surface area contributed by atoms with Gasteiger partial charge in [-0.15, -0.1) is 0 Å². The van der Waals surface area contributed by atoms with E-state index >= 15 is 0 Å². The summed E-state index contributed by atoms with van der Waals surface area (Å²) in [5.41, 5.74) is 3.11. The van der Waals surface area contributed by atoms with E-state index in [-0.39, 0.29) is 11.9 Å². The van der Waals surface area contributed by atoms with Gasteiger partial charge < -0.3 is 5.32 Å². The molecule has 0 radical (unpaired) electrons. The lowest BCUT2D eigenvalue weighted by atomic mass is 9.97. The van der Waals surface area contributed by atoms with Crippen molar-refractivity contribution in [3.8, 4) is 0 Å². The molecule has 1 unspecified atom stereocenters. The summed E-state index contributed by atoms with van der Waals surface area (Å²) in [5, 5.41) is 3.51. The Kier molecular flexibility index (Phi) is 5.54. The summed E-state index contributed by atoms with van der Waals surface area (Å²) in [4.78, 5) is 0. The molecule has 1 atom stereocenters. The average molecular weight is 383 g/mol. The molecule has 0 aromatic heterocycles. The Hall–Kier alpha value is -0.940. The summed E-state index contributed by atoms with van der Waals surface area (Å²) in [5.74, 6) is -0.172. The van der Waals surface area contributed by atoms with Crippen molar-refractivity contribution in [1.82, 2.24) is 5.32 Å². The number of hydrogen-bond donors (Lipinski definition) is 1. The van der Waals surface area contributed by atoms with Gasteiger partial charge in [0.25, 0.3) is 0 Å². The van der Waals surface area contributed by atoms with Gasteiger partial charge in [-0.25, -0.2) is 4.39 Å². The standard InChI is InChI=1S/C17H19FIN/c1-3-8-20-17(13-4-6-16(19)7-5-13)14-9-12(2)10-15(18)11-14/h4-7,9-11,17,20H,3,8H2,1-2H3. The molecule has 0 spiro atoms. The SMILES string of the molecule is CCCNC(c1ccc(I)cc1)c1cc(C)cc(F)c1. The fourth-order valence-corrected chi connectivity index (χ4v) is 2.66. The molecule has 0 aliphatic rings. The van der Waals surface area contributed by atoms with Crippen molar-refractivity contribution in [1.29, 1.82) is 0 Å². The molecule has 2 rings (SSSR count). The molecule has 1 nitrogen and oxygen atoms in total. The third kappa shape index (κ3) is 4.03. The van der Waals surface area contributed by atoms with Crippen LogP contribution in [0, 0.1) is 16.3 Å². The first-order valence-corrected chi connectivity index (χ1v) is 7.94. The van der Waals surface area contributed by atoms with Crippen LogP contribution in [0.25, 0.3) is 0 Å². The quantitative estimate of drug-likeness (QED) is 0.730. The van der Waals surface area contributed by atoms with Crippen molar-refractivity contribution in [2.75, 3.05) is 6.54 Å². The zero-order chi connectivity index (χ0) is 14.5. The third-order valence-electron chi connectivity index (χ3n) is 3.20. The van der Waals surface area contributed by atoms with Gasteiger partial charge in [0.15, 0.2) is 0 Å². The van der Waals surface area contributed by atoms with Gasteiger partial charge in [0.1, 0.15) is 5.82 Å². The highest BCUT2D eigenvalue weighted by atomic mass is 127. The smallest absolute Gasteiger partial charge is 0.123 e. The fraction of sp³-hybridized carbons (Fsp3) is 0.294. The monoisotopic (exact) mass is 383 g/mol. The normalized spacial score (nSPS) is 12.4. The van der Waals surface area contributed by atoms with Crippen LogP contribution in [-0.2, 0) is 0 Å². The maximum atomic E-state index is 13.7. The van der Waals surface area contributed by atoms with Crippen molar-refractivity contribution in [3.63, 3.8) is 0 Å². The zero-order valence-electron chi connectivity index (χ0n) is 11.8. The second-order valence-electron chi connectivity index (χ2n) is 5.00. The van der Waals surface area contributed by atoms with Crippen LogP contribution < -0.4 is 5.32 Å². The van der Waals surface area contributed by atoms with Gasteiger partial charge in [-0.2, -0.15) is 0 Å². The minimum absolute atomic E-state index is 0.0429. The Balaban J connectivity index is 2.38. The van der Waals surface area contributed by atoms with Gasteiger partial charge in [-0.3, -0.25) is 0 Å². The number of aryl methyl sites for hydroxylation is 1. The molecule has 0 aliphatic carbocycles. The molecule has 0 bridgehead atoms. The van der Waals surface area contributed by atoms with Crippen molar-refractivity contribution in [2.45, 2.75) is 26.3 Å². The number of benzene rings is 2. The van der Waals surface area contributed by atoms with E-state index in [1.54, 1.807) is 12.1 Å². The molecule has 2 aromatic rings. The Morgan fingerprint density at radius 3 is 2.40 bits per heavy atom. The maximum Gasteiger partial charge on any atom is 0.123 e. The molecule has 3 heteroatoms. The van der Waals surface area contributed by atoms with Crippen molar-refractivity contribution < 1.29 is 4.39 Å². The fourth-order valence-electron chi connectivity index (χ4n) is 2.30. The van der Waals surface area contributed by atoms with Crippen LogP contribution in [-0.4, -0.2) is 6.54 Å². The summed E-state index contributed by atoms with van der Waals surface area (Å²) in [7, 11) is 0. The zero-order valence-corrected chi connectivity index (χ0v) is 13.9. The van der Waals surface area contributed by atoms with Crippen LogP contribution in [0.1, 0.15) is 36.1 Å². The van der Waals surface area contributed by atoms with Gasteiger partial charge in [0.05, 0.1) is 6.04 Å². The van der Waals surface area contributed by atoms with Crippen molar-refractivity contribution in [2.24, 2.45) is 0 Å². The van der Waals surface area contributed by atoms with Crippen LogP contribution in [0.4, 0.5) is 4.39 Å². The van der Waals surface area contributed by atoms with E-state index in [4.69, 9.17) is 0 Å². The molecule has 0 fully saturated rings. The molecule has 0 heterocycles. The molecule has 20 heavy (non-hydrogen) atoms. The average Bonchev–Trinajstić information content (AvgIpc) is 2.40. The summed E-state index contributed by atoms with van der Waals surface area (Å²) < 4.78 is 14.9. The highest BCUT2D eigenvalue weighted by molar-refractivity contribution is 14.1. The Labute approximate surface area is 133 Å². The summed E-state index contributed by atoms with van der Waals surface area (Å²) in [6.07, 6.45) is 1.05. The molecule has 0 aliphatic heterocycles. The number of halogens is 2. The van der Waals surface area contributed by atoms with Crippen LogP contribution in [0.15, 0.2) is 42.5 Å². The van der Waals surface area contributed by atoms with Crippen LogP contribution >= 0.6 is 22.6 Å². The van der Waals surface area contributed by atoms with Gasteiger partial charge in [0, 0.05) is 3.57 Å². The predicted octanol–water partition coefficient (Wildman–Crippen LogP) is 4.83. The van der Waals surface area contributed by atoms with E-state index in [9.17, 15) is 4.39 Å². The summed E-state index contributed by atoms with van der Waals surface area (Å²) in [6.45, 7) is 4.97. The van der Waals surface area contributed by atoms with Gasteiger partial charge in [0.2, 0.25) is 0 Å². The second-order valence-corrected chi connectivity index (χ2v) is 6.25. The highest BCUT2D eigenvalue weighted by Gasteiger charge is 2.14. The first-order valence-electron chi connectivity index (χ1n) is 6.86. The Morgan fingerprint density at radius 1 is 1.10 bits per heavy atom. The van der Waals surface area contributed by atoms with E-state index in [1.165, 1.54) is 9.13 Å². The number of hydrogen-bond acceptors (Lipinski definition) is 1. The lowest BCUT2D eigenvalue weighted by Crippen LogP contribution is -2.23. The van der Waals surface area contributed by atoms with E-state index in [0.29, 0.717) is 0 Å². The van der Waals surface area contributed by atoms with Gasteiger partial charge >= 0.3 is 0 Å². The van der Waals surface area contributed by atoms with E-state index in [0.717, 1.165) is 24.1 Å². The predicted molar refractivity (Wildman–Crippen MR) is 90.4 cm³/mol. The van der Waals surface area contributed by atoms with Crippen molar-refractivity contribution in [3.05, 3.63) is 68.5 Å². The van der Waals surface area contributed by atoms with E-state index in [2.05, 4.69) is 59.1 Å². The topological polar surface area (TPSA) is 12.0 Å². The molecule has 0 saturated heterocycles. The van der Waals surface area contributed by atoms with E-state index < -0.39 is 0 Å². The molecule has 0 saturated carbocycles. The minimum Gasteiger partial charge on any atom is -0.306 e. The number of nitrogens with one attached hydrogen (secondary N) is 1. The Morgan fingerprint density at radius 2 is 1.80 bits per heavy atom. The Bertz CT molecular complexity index is 545. The van der Waals surface area contributed by atoms with Crippen LogP contribution in [0.2, 0.25) is 0 Å². The summed E-state index contributed by atoms with van der Waals surface area (Å²) >= 11 is 2.29. The van der Waals surface area contributed by atoms with Crippen LogP contribution in [0.3, 0.4) is 0 Å². The lowest BCUT2D eigenvalue weighted by Gasteiger charge is -2.20. The van der Waals surface area contributed by atoms with Gasteiger partial charge in [-0.1, -0.05) is 25.1 Å². The van der Waals surface area contributed by atoms with Crippen molar-refractivity contribution >= 4 is 22.6 Å². The first-order chi connectivity index (χ1) is 9.60. The minimum atomic E-state index is -0.172. The number of rotatable bonds is 5. The molecular formula is C17H19FIN. The largest absolute Gasteiger partial charge is 0.306 e. The lowest BCUT2D eigenvalue weighted by molar-refractivity contribution is 0.584. The third-order valence-corrected chi connectivity index (χ3v) is 3.92. The van der Waals surface area contributed by atoms with E-state index in [1.807, 2.05) is 13.0 Å².